The van der Waals surface area contributed by atoms with Crippen molar-refractivity contribution in [2.45, 2.75) is 11.3 Å². The highest BCUT2D eigenvalue weighted by Gasteiger charge is 2.13. The first-order valence-corrected chi connectivity index (χ1v) is 8.33. The second-order valence-corrected chi connectivity index (χ2v) is 6.58. The molecule has 102 valence electrons. The summed E-state index contributed by atoms with van der Waals surface area (Å²) >= 11 is 1.45. The third-order valence-corrected chi connectivity index (χ3v) is 4.75. The fraction of sp³-hybridized carbons (Fsp3) is 0.231. The first kappa shape index (κ1) is 14.0. The Labute approximate surface area is 117 Å². The van der Waals surface area contributed by atoms with Crippen LogP contribution < -0.4 is 10.0 Å². The lowest BCUT2D eigenvalue weighted by molar-refractivity contribution is 0.601. The van der Waals surface area contributed by atoms with Crippen molar-refractivity contribution in [2.75, 3.05) is 18.3 Å². The third-order valence-electron chi connectivity index (χ3n) is 2.67. The van der Waals surface area contributed by atoms with Crippen molar-refractivity contribution >= 4 is 27.0 Å². The van der Waals surface area contributed by atoms with E-state index in [1.807, 2.05) is 24.6 Å². The van der Waals surface area contributed by atoms with Crippen LogP contribution in [-0.2, 0) is 16.4 Å². The average molecular weight is 296 g/mol. The van der Waals surface area contributed by atoms with E-state index in [0.29, 0.717) is 5.69 Å². The van der Waals surface area contributed by atoms with Gasteiger partial charge in [0.15, 0.2) is 0 Å². The smallest absolute Gasteiger partial charge is 0.261 e. The van der Waals surface area contributed by atoms with Crippen molar-refractivity contribution in [2.24, 2.45) is 0 Å². The van der Waals surface area contributed by atoms with E-state index in [-0.39, 0.29) is 4.90 Å². The Morgan fingerprint density at radius 1 is 1.16 bits per heavy atom. The molecule has 0 saturated carbocycles. The van der Waals surface area contributed by atoms with Crippen molar-refractivity contribution in [1.29, 1.82) is 0 Å². The summed E-state index contributed by atoms with van der Waals surface area (Å²) in [7, 11) is -1.59. The fourth-order valence-electron chi connectivity index (χ4n) is 1.64. The van der Waals surface area contributed by atoms with Crippen LogP contribution in [-0.4, -0.2) is 22.0 Å². The predicted octanol–water partition coefficient (Wildman–Crippen LogP) is 2.31. The number of hydrogen-bond acceptors (Lipinski definition) is 4. The van der Waals surface area contributed by atoms with Crippen LogP contribution in [0.25, 0.3) is 0 Å². The van der Waals surface area contributed by atoms with Gasteiger partial charge in [0, 0.05) is 5.38 Å². The summed E-state index contributed by atoms with van der Waals surface area (Å²) < 4.78 is 26.8. The Hall–Kier alpha value is -1.37. The second kappa shape index (κ2) is 6.18. The van der Waals surface area contributed by atoms with Crippen molar-refractivity contribution in [3.05, 3.63) is 46.7 Å². The fourth-order valence-corrected chi connectivity index (χ4v) is 3.35. The van der Waals surface area contributed by atoms with E-state index in [2.05, 4.69) is 10.0 Å². The van der Waals surface area contributed by atoms with Crippen LogP contribution in [0.1, 0.15) is 5.56 Å². The molecule has 0 aliphatic carbocycles. The summed E-state index contributed by atoms with van der Waals surface area (Å²) in [5.74, 6) is 0. The summed E-state index contributed by atoms with van der Waals surface area (Å²) in [6.07, 6.45) is 0.884. The highest BCUT2D eigenvalue weighted by molar-refractivity contribution is 7.92. The normalized spacial score (nSPS) is 11.4. The van der Waals surface area contributed by atoms with Crippen LogP contribution in [0.15, 0.2) is 46.0 Å². The molecule has 4 nitrogen and oxygen atoms in total. The maximum Gasteiger partial charge on any atom is 0.261 e. The van der Waals surface area contributed by atoms with Gasteiger partial charge in [-0.3, -0.25) is 4.72 Å². The lowest BCUT2D eigenvalue weighted by Gasteiger charge is -2.07. The molecule has 19 heavy (non-hydrogen) atoms. The van der Waals surface area contributed by atoms with E-state index >= 15 is 0 Å². The number of rotatable bonds is 6. The van der Waals surface area contributed by atoms with E-state index in [1.165, 1.54) is 11.3 Å². The lowest BCUT2D eigenvalue weighted by atomic mass is 10.1. The topological polar surface area (TPSA) is 58.2 Å². The van der Waals surface area contributed by atoms with Crippen LogP contribution >= 0.6 is 11.3 Å². The molecule has 0 unspecified atom stereocenters. The Balaban J connectivity index is 2.12. The van der Waals surface area contributed by atoms with Gasteiger partial charge in [-0.1, -0.05) is 12.1 Å². The van der Waals surface area contributed by atoms with Crippen LogP contribution in [0, 0.1) is 0 Å². The molecule has 1 aromatic carbocycles. The number of benzene rings is 1. The minimum absolute atomic E-state index is 0.284. The number of likely N-dealkylation sites (N-methyl/N-ethyl adjacent to an activating group) is 1. The van der Waals surface area contributed by atoms with Gasteiger partial charge < -0.3 is 5.32 Å². The van der Waals surface area contributed by atoms with Crippen LogP contribution in [0.2, 0.25) is 0 Å². The SMILES string of the molecule is CNCCc1ccc(S(=O)(=O)Nc2ccsc2)cc1. The Morgan fingerprint density at radius 3 is 2.47 bits per heavy atom. The van der Waals surface area contributed by atoms with E-state index in [0.717, 1.165) is 18.5 Å². The number of hydrogen-bond donors (Lipinski definition) is 2. The molecule has 0 aliphatic heterocycles. The summed E-state index contributed by atoms with van der Waals surface area (Å²) in [6.45, 7) is 0.874. The molecule has 1 heterocycles. The van der Waals surface area contributed by atoms with Crippen molar-refractivity contribution < 1.29 is 8.42 Å². The van der Waals surface area contributed by atoms with E-state index in [4.69, 9.17) is 0 Å². The average Bonchev–Trinajstić information content (AvgIpc) is 2.89. The Bertz CT molecular complexity index is 605. The van der Waals surface area contributed by atoms with E-state index in [9.17, 15) is 8.42 Å². The predicted molar refractivity (Wildman–Crippen MR) is 79.2 cm³/mol. The van der Waals surface area contributed by atoms with E-state index in [1.54, 1.807) is 23.6 Å². The van der Waals surface area contributed by atoms with Crippen LogP contribution in [0.4, 0.5) is 5.69 Å². The molecule has 0 spiro atoms. The molecule has 0 bridgehead atoms. The van der Waals surface area contributed by atoms with Gasteiger partial charge in [0.1, 0.15) is 0 Å². The van der Waals surface area contributed by atoms with Gasteiger partial charge in [-0.15, -0.1) is 0 Å². The minimum atomic E-state index is -3.48. The maximum atomic E-state index is 12.1. The first-order chi connectivity index (χ1) is 9.12. The second-order valence-electron chi connectivity index (χ2n) is 4.12. The standard InChI is InChI=1S/C13H16N2O2S2/c1-14-8-6-11-2-4-13(5-3-11)19(16,17)15-12-7-9-18-10-12/h2-5,7,9-10,14-15H,6,8H2,1H3. The number of anilines is 1. The highest BCUT2D eigenvalue weighted by Crippen LogP contribution is 2.18. The molecule has 2 N–H and O–H groups in total. The van der Waals surface area contributed by atoms with Crippen molar-refractivity contribution in [3.8, 4) is 0 Å². The molecule has 0 saturated heterocycles. The van der Waals surface area contributed by atoms with Gasteiger partial charge in [-0.25, -0.2) is 8.42 Å². The molecule has 1 aromatic heterocycles. The van der Waals surface area contributed by atoms with Crippen LogP contribution in [0.3, 0.4) is 0 Å². The van der Waals surface area contributed by atoms with Gasteiger partial charge in [0.25, 0.3) is 10.0 Å². The van der Waals surface area contributed by atoms with Gasteiger partial charge in [0.05, 0.1) is 10.6 Å². The molecule has 0 fully saturated rings. The largest absolute Gasteiger partial charge is 0.319 e. The molecule has 0 atom stereocenters. The van der Waals surface area contributed by atoms with Crippen molar-refractivity contribution in [3.63, 3.8) is 0 Å². The Kier molecular flexibility index (Phi) is 4.57. The Morgan fingerprint density at radius 2 is 1.89 bits per heavy atom. The zero-order chi connectivity index (χ0) is 13.7. The van der Waals surface area contributed by atoms with Gasteiger partial charge in [0.2, 0.25) is 0 Å². The molecule has 0 amide bonds. The minimum Gasteiger partial charge on any atom is -0.319 e. The summed E-state index contributed by atoms with van der Waals surface area (Å²) in [5.41, 5.74) is 1.72. The van der Waals surface area contributed by atoms with Crippen LogP contribution in [0.5, 0.6) is 0 Å². The number of thiophene rings is 1. The van der Waals surface area contributed by atoms with Gasteiger partial charge in [-0.2, -0.15) is 11.3 Å². The summed E-state index contributed by atoms with van der Waals surface area (Å²) in [6, 6.07) is 8.71. The van der Waals surface area contributed by atoms with Gasteiger partial charge >= 0.3 is 0 Å². The third kappa shape index (κ3) is 3.79. The number of nitrogens with one attached hydrogen (secondary N) is 2. The molecular weight excluding hydrogens is 280 g/mol. The molecule has 2 rings (SSSR count). The van der Waals surface area contributed by atoms with E-state index < -0.39 is 10.0 Å². The summed E-state index contributed by atoms with van der Waals surface area (Å²) in [5, 5.41) is 6.66. The monoisotopic (exact) mass is 296 g/mol. The first-order valence-electron chi connectivity index (χ1n) is 5.90. The lowest BCUT2D eigenvalue weighted by Crippen LogP contribution is -2.13. The number of sulfonamides is 1. The molecule has 6 heteroatoms. The molecule has 2 aromatic rings. The molecular formula is C13H16N2O2S2. The zero-order valence-corrected chi connectivity index (χ0v) is 12.2. The highest BCUT2D eigenvalue weighted by atomic mass is 32.2. The van der Waals surface area contributed by atoms with Crippen molar-refractivity contribution in [1.82, 2.24) is 5.32 Å². The molecule has 0 aliphatic rings. The zero-order valence-electron chi connectivity index (χ0n) is 10.6. The molecule has 0 radical (unpaired) electrons. The van der Waals surface area contributed by atoms with Gasteiger partial charge in [-0.05, 0) is 49.2 Å². The quantitative estimate of drug-likeness (QED) is 0.860. The summed E-state index contributed by atoms with van der Waals surface area (Å²) in [4.78, 5) is 0.284. The maximum absolute atomic E-state index is 12.1.